The molecule has 0 saturated carbocycles. The van der Waals surface area contributed by atoms with E-state index in [0.717, 1.165) is 57.5 Å². The molecule has 256 valence electrons. The largest absolute Gasteiger partial charge is 0.394 e. The van der Waals surface area contributed by atoms with Crippen LogP contribution in [0.2, 0.25) is 0 Å². The van der Waals surface area contributed by atoms with Gasteiger partial charge in [0.2, 0.25) is 0 Å². The van der Waals surface area contributed by atoms with Crippen molar-refractivity contribution in [2.45, 2.75) is 76.4 Å². The topological polar surface area (TPSA) is 113 Å². The summed E-state index contributed by atoms with van der Waals surface area (Å²) in [4.78, 5) is 22.8. The van der Waals surface area contributed by atoms with E-state index in [2.05, 4.69) is 96.3 Å². The van der Waals surface area contributed by atoms with Crippen LogP contribution in [0, 0.1) is 10.1 Å². The molecule has 0 aliphatic rings. The molecule has 48 heavy (non-hydrogen) atoms. The van der Waals surface area contributed by atoms with Gasteiger partial charge in [-0.3, -0.25) is 14.9 Å². The number of nitrogens with one attached hydrogen (secondary N) is 1. The number of rotatable bonds is 20. The van der Waals surface area contributed by atoms with E-state index in [1.54, 1.807) is 0 Å². The summed E-state index contributed by atoms with van der Waals surface area (Å²) in [5.41, 5.74) is 0.306. The van der Waals surface area contributed by atoms with E-state index < -0.39 is 29.6 Å². The number of non-ortho nitro benzene ring substituents is 1. The van der Waals surface area contributed by atoms with E-state index >= 15 is 0 Å². The molecular weight excluding hydrogens is 643 g/mol. The first kappa shape index (κ1) is 37.2. The fourth-order valence-corrected chi connectivity index (χ4v) is 12.8. The zero-order valence-corrected chi connectivity index (χ0v) is 29.2. The molecule has 7 nitrogen and oxygen atoms in total. The summed E-state index contributed by atoms with van der Waals surface area (Å²) in [6, 6.07) is 36.5. The second-order valence-electron chi connectivity index (χ2n) is 12.5. The van der Waals surface area contributed by atoms with E-state index in [1.807, 2.05) is 0 Å². The van der Waals surface area contributed by atoms with Gasteiger partial charge in [0.1, 0.15) is 6.10 Å². The second kappa shape index (κ2) is 18.2. The van der Waals surface area contributed by atoms with Gasteiger partial charge in [0, 0.05) is 12.1 Å². The number of carbonyl (C=O) groups excluding carboxylic acids is 1. The molecule has 2 atom stereocenters. The van der Waals surface area contributed by atoms with Crippen molar-refractivity contribution < 1.29 is 19.9 Å². The Morgan fingerprint density at radius 1 is 0.688 bits per heavy atom. The molecule has 0 aromatic heterocycles. The number of hydrogen-bond donors (Lipinski definition) is 3. The Labute approximate surface area is 289 Å². The Bertz CT molecular complexity index is 1460. The standard InChI is InChI=1S/C39H48ClN2O5P/c40-48(34-19-11-8-12-20-34,35-21-13-9-14-22-35,36-23-15-10-16-24-36)30-18-7-5-3-1-2-4-6-17-25-38(44)41-37(31-43)39(45)32-26-28-33(29-27-32)42(46)47/h8-16,19-24,26-29,37,39,43,45H,1-7,17-18,25,30-31H2,(H,41,44)/t37-,39-/m1/s1. The van der Waals surface area contributed by atoms with Crippen molar-refractivity contribution in [2.24, 2.45) is 0 Å². The number of nitro benzene ring substituents is 1. The molecule has 3 N–H and O–H groups in total. The van der Waals surface area contributed by atoms with Crippen molar-refractivity contribution in [3.05, 3.63) is 131 Å². The first-order chi connectivity index (χ1) is 23.3. The second-order valence-corrected chi connectivity index (χ2v) is 19.1. The third-order valence-corrected chi connectivity index (χ3v) is 16.8. The Hall–Kier alpha value is -3.61. The maximum absolute atomic E-state index is 12.5. The number of halogens is 1. The number of nitro groups is 1. The smallest absolute Gasteiger partial charge is 0.269 e. The summed E-state index contributed by atoms with van der Waals surface area (Å²) in [5.74, 6) is -3.42. The van der Waals surface area contributed by atoms with Crippen LogP contribution >= 0.6 is 17.2 Å². The van der Waals surface area contributed by atoms with Crippen molar-refractivity contribution in [2.75, 3.05) is 12.8 Å². The predicted octanol–water partition coefficient (Wildman–Crippen LogP) is 7.69. The van der Waals surface area contributed by atoms with E-state index in [0.29, 0.717) is 12.0 Å². The van der Waals surface area contributed by atoms with Gasteiger partial charge >= 0.3 is 200 Å². The third kappa shape index (κ3) is 9.29. The van der Waals surface area contributed by atoms with E-state index in [1.165, 1.54) is 46.6 Å². The molecule has 9 heteroatoms. The van der Waals surface area contributed by atoms with Crippen molar-refractivity contribution in [3.8, 4) is 0 Å². The van der Waals surface area contributed by atoms with Crippen LogP contribution in [0.25, 0.3) is 0 Å². The molecule has 4 aromatic carbocycles. The number of nitrogens with zero attached hydrogens (tertiary/aromatic N) is 1. The third-order valence-electron chi connectivity index (χ3n) is 9.24. The summed E-state index contributed by atoms with van der Waals surface area (Å²) >= 11 is 8.16. The van der Waals surface area contributed by atoms with Crippen LogP contribution in [0.3, 0.4) is 0 Å². The Morgan fingerprint density at radius 3 is 1.52 bits per heavy atom. The Balaban J connectivity index is 1.18. The van der Waals surface area contributed by atoms with Crippen molar-refractivity contribution in [1.82, 2.24) is 5.32 Å². The first-order valence-corrected chi connectivity index (χ1v) is 20.3. The summed E-state index contributed by atoms with van der Waals surface area (Å²) in [7, 11) is 0. The number of hydrogen-bond acceptors (Lipinski definition) is 5. The summed E-state index contributed by atoms with van der Waals surface area (Å²) in [5, 5.41) is 37.5. The van der Waals surface area contributed by atoms with Crippen molar-refractivity contribution in [3.63, 3.8) is 0 Å². The molecule has 0 radical (unpaired) electrons. The van der Waals surface area contributed by atoms with Crippen molar-refractivity contribution >= 4 is 44.7 Å². The minimum atomic E-state index is -3.19. The normalized spacial score (nSPS) is 13.6. The van der Waals surface area contributed by atoms with E-state index in [9.17, 15) is 25.1 Å². The number of aliphatic hydroxyl groups excluding tert-OH is 2. The molecule has 0 aliphatic heterocycles. The fourth-order valence-electron chi connectivity index (χ4n) is 6.51. The monoisotopic (exact) mass is 690 g/mol. The number of unbranched alkanes of at least 4 members (excludes halogenated alkanes) is 8. The Kier molecular flexibility index (Phi) is 14.1. The minimum Gasteiger partial charge on any atom is -0.394 e. The molecule has 1 amide bonds. The van der Waals surface area contributed by atoms with Crippen LogP contribution in [-0.4, -0.2) is 39.9 Å². The van der Waals surface area contributed by atoms with Gasteiger partial charge in [-0.15, -0.1) is 0 Å². The average molecular weight is 691 g/mol. The summed E-state index contributed by atoms with van der Waals surface area (Å²) in [6.07, 6.45) is 9.55. The maximum Gasteiger partial charge on any atom is 0.269 e. The number of amides is 1. The van der Waals surface area contributed by atoms with Gasteiger partial charge in [-0.1, -0.05) is 0 Å². The maximum atomic E-state index is 12.5. The predicted molar refractivity (Wildman–Crippen MR) is 199 cm³/mol. The molecule has 0 spiro atoms. The summed E-state index contributed by atoms with van der Waals surface area (Å²) in [6.45, 7) is -0.442. The number of carbonyl (C=O) groups is 1. The summed E-state index contributed by atoms with van der Waals surface area (Å²) < 4.78 is 0. The van der Waals surface area contributed by atoms with Gasteiger partial charge in [-0.05, 0) is 17.7 Å². The average Bonchev–Trinajstić information content (AvgIpc) is 3.13. The Morgan fingerprint density at radius 2 is 1.10 bits per heavy atom. The zero-order chi connectivity index (χ0) is 34.3. The molecule has 0 heterocycles. The zero-order valence-electron chi connectivity index (χ0n) is 27.5. The van der Waals surface area contributed by atoms with E-state index in [4.69, 9.17) is 11.2 Å². The fraction of sp³-hybridized carbons (Fsp3) is 0.359. The van der Waals surface area contributed by atoms with Crippen LogP contribution in [0.1, 0.15) is 75.9 Å². The van der Waals surface area contributed by atoms with Crippen LogP contribution in [0.15, 0.2) is 115 Å². The molecule has 0 unspecified atom stereocenters. The minimum absolute atomic E-state index is 0.0891. The van der Waals surface area contributed by atoms with E-state index in [-0.39, 0.29) is 11.6 Å². The molecule has 0 saturated heterocycles. The molecule has 0 aliphatic carbocycles. The van der Waals surface area contributed by atoms with Crippen LogP contribution in [0.4, 0.5) is 5.69 Å². The van der Waals surface area contributed by atoms with Crippen LogP contribution in [-0.2, 0) is 4.79 Å². The SMILES string of the molecule is O=C(CCCCCCCCCCCP(Cl)(c1ccccc1)(c1ccccc1)c1ccccc1)N[C@H](CO)[C@H](O)c1ccc([N+](=O)[O-])cc1. The number of aliphatic hydroxyl groups is 2. The molecule has 4 rings (SSSR count). The van der Waals surface area contributed by atoms with Crippen LogP contribution in [0.5, 0.6) is 0 Å². The van der Waals surface area contributed by atoms with Gasteiger partial charge in [-0.25, -0.2) is 0 Å². The molecule has 0 fully saturated rings. The van der Waals surface area contributed by atoms with Gasteiger partial charge < -0.3 is 15.5 Å². The molecule has 0 bridgehead atoms. The van der Waals surface area contributed by atoms with Gasteiger partial charge in [-0.2, -0.15) is 0 Å². The number of benzene rings is 4. The molecular formula is C39H48ClN2O5P. The van der Waals surface area contributed by atoms with Crippen molar-refractivity contribution in [1.29, 1.82) is 0 Å². The van der Waals surface area contributed by atoms with Gasteiger partial charge in [0.15, 0.2) is 0 Å². The van der Waals surface area contributed by atoms with Gasteiger partial charge in [0.25, 0.3) is 5.69 Å². The van der Waals surface area contributed by atoms with Crippen LogP contribution < -0.4 is 21.2 Å². The first-order valence-electron chi connectivity index (χ1n) is 17.0. The quantitative estimate of drug-likeness (QED) is 0.0381. The van der Waals surface area contributed by atoms with Gasteiger partial charge in [0.05, 0.1) is 17.6 Å². The molecule has 4 aromatic rings.